The molecular weight excluding hydrogens is 424 g/mol. The largest absolute Gasteiger partial charge is 0.464 e. The van der Waals surface area contributed by atoms with Crippen LogP contribution in [-0.2, 0) is 9.47 Å². The van der Waals surface area contributed by atoms with Gasteiger partial charge in [0.25, 0.3) is 0 Å². The van der Waals surface area contributed by atoms with E-state index in [1.807, 2.05) is 0 Å². The summed E-state index contributed by atoms with van der Waals surface area (Å²) < 4.78 is 10.5. The third kappa shape index (κ3) is 5.20. The van der Waals surface area contributed by atoms with E-state index in [0.29, 0.717) is 11.5 Å². The number of H-pyrrole nitrogens is 2. The van der Waals surface area contributed by atoms with Gasteiger partial charge in [0, 0.05) is 21.3 Å². The lowest BCUT2D eigenvalue weighted by atomic mass is 10.4. The maximum Gasteiger partial charge on any atom is 0.429 e. The Morgan fingerprint density at radius 2 is 1.68 bits per heavy atom. The zero-order valence-corrected chi connectivity index (χ0v) is 14.9. The van der Waals surface area contributed by atoms with Gasteiger partial charge in [-0.15, -0.1) is 0 Å². The molecule has 2 aromatic rings. The Morgan fingerprint density at radius 1 is 1.09 bits per heavy atom. The second-order valence-electron chi connectivity index (χ2n) is 3.77. The van der Waals surface area contributed by atoms with Gasteiger partial charge < -0.3 is 19.4 Å². The third-order valence-corrected chi connectivity index (χ3v) is 3.23. The number of methoxy groups -OCH3 is 2. The van der Waals surface area contributed by atoms with Crippen LogP contribution in [-0.4, -0.2) is 36.3 Å². The van der Waals surface area contributed by atoms with Crippen molar-refractivity contribution in [1.29, 1.82) is 0 Å². The molecule has 4 N–H and O–H groups in total. The number of hydrazine groups is 1. The number of hydrogen-bond acceptors (Lipinski definition) is 5. The van der Waals surface area contributed by atoms with Gasteiger partial charge in [-0.3, -0.25) is 0 Å². The SMILES string of the molecule is COC(=O)N(N)c1cc(Br)c[nH]1.COC(=O)c1cc(Br)c[nH]1. The number of amides is 1. The van der Waals surface area contributed by atoms with Crippen LogP contribution in [0.1, 0.15) is 10.5 Å². The van der Waals surface area contributed by atoms with Crippen molar-refractivity contribution in [3.63, 3.8) is 0 Å². The second kappa shape index (κ2) is 8.61. The molecule has 0 aliphatic heterocycles. The van der Waals surface area contributed by atoms with E-state index >= 15 is 0 Å². The zero-order valence-electron chi connectivity index (χ0n) is 11.7. The molecule has 2 aromatic heterocycles. The van der Waals surface area contributed by atoms with Gasteiger partial charge in [-0.2, -0.15) is 5.01 Å². The van der Waals surface area contributed by atoms with E-state index in [-0.39, 0.29) is 5.97 Å². The fourth-order valence-corrected chi connectivity index (χ4v) is 1.96. The maximum absolute atomic E-state index is 10.9. The number of aromatic amines is 2. The average molecular weight is 438 g/mol. The van der Waals surface area contributed by atoms with E-state index in [0.717, 1.165) is 14.0 Å². The molecule has 0 saturated carbocycles. The summed E-state index contributed by atoms with van der Waals surface area (Å²) in [6.07, 6.45) is 2.72. The van der Waals surface area contributed by atoms with E-state index < -0.39 is 6.09 Å². The number of esters is 1. The highest BCUT2D eigenvalue weighted by Crippen LogP contribution is 2.16. The molecule has 1 amide bonds. The van der Waals surface area contributed by atoms with Crippen molar-refractivity contribution in [3.05, 3.63) is 39.2 Å². The molecule has 0 aromatic carbocycles. The van der Waals surface area contributed by atoms with Gasteiger partial charge >= 0.3 is 12.1 Å². The first-order valence-electron chi connectivity index (χ1n) is 5.78. The molecule has 0 radical (unpaired) electrons. The van der Waals surface area contributed by atoms with Crippen molar-refractivity contribution in [2.24, 2.45) is 5.84 Å². The molecule has 120 valence electrons. The normalized spacial score (nSPS) is 9.50. The molecule has 0 saturated heterocycles. The van der Waals surface area contributed by atoms with E-state index in [2.05, 4.69) is 51.3 Å². The Balaban J connectivity index is 0.000000224. The number of ether oxygens (including phenoxy) is 2. The number of aromatic nitrogens is 2. The van der Waals surface area contributed by atoms with Crippen LogP contribution >= 0.6 is 31.9 Å². The number of nitrogens with one attached hydrogen (secondary N) is 2. The topological polar surface area (TPSA) is 113 Å². The Kier molecular flexibility index (Phi) is 7.15. The highest BCUT2D eigenvalue weighted by molar-refractivity contribution is 9.10. The Morgan fingerprint density at radius 3 is 2.09 bits per heavy atom. The number of carbonyl (C=O) groups excluding carboxylic acids is 2. The van der Waals surface area contributed by atoms with E-state index in [4.69, 9.17) is 5.84 Å². The fourth-order valence-electron chi connectivity index (χ4n) is 1.29. The summed E-state index contributed by atoms with van der Waals surface area (Å²) in [4.78, 5) is 27.1. The van der Waals surface area contributed by atoms with E-state index in [1.54, 1.807) is 24.5 Å². The molecule has 2 heterocycles. The zero-order chi connectivity index (χ0) is 16.7. The first-order chi connectivity index (χ1) is 10.4. The lowest BCUT2D eigenvalue weighted by Crippen LogP contribution is -2.37. The molecule has 0 bridgehead atoms. The van der Waals surface area contributed by atoms with Gasteiger partial charge in [-0.25, -0.2) is 15.4 Å². The van der Waals surface area contributed by atoms with Crippen molar-refractivity contribution in [2.75, 3.05) is 19.2 Å². The minimum atomic E-state index is -0.621. The smallest absolute Gasteiger partial charge is 0.429 e. The molecule has 0 atom stereocenters. The predicted molar refractivity (Wildman–Crippen MR) is 87.4 cm³/mol. The summed E-state index contributed by atoms with van der Waals surface area (Å²) in [5, 5.41) is 0.880. The van der Waals surface area contributed by atoms with Crippen molar-refractivity contribution >= 4 is 49.7 Å². The average Bonchev–Trinajstić information content (AvgIpc) is 3.14. The predicted octanol–water partition coefficient (Wildman–Crippen LogP) is 2.79. The van der Waals surface area contributed by atoms with Crippen molar-refractivity contribution in [2.45, 2.75) is 0 Å². The van der Waals surface area contributed by atoms with E-state index in [9.17, 15) is 9.59 Å². The molecule has 2 rings (SSSR count). The molecule has 22 heavy (non-hydrogen) atoms. The third-order valence-electron chi connectivity index (χ3n) is 2.32. The summed E-state index contributed by atoms with van der Waals surface area (Å²) in [5.41, 5.74) is 0.453. The van der Waals surface area contributed by atoms with Gasteiger partial charge in [0.15, 0.2) is 0 Å². The number of halogens is 2. The minimum Gasteiger partial charge on any atom is -0.464 e. The number of anilines is 1. The Hall–Kier alpha value is -1.78. The maximum atomic E-state index is 10.9. The number of nitrogens with two attached hydrogens (primary N) is 1. The van der Waals surface area contributed by atoms with Crippen molar-refractivity contribution in [1.82, 2.24) is 9.97 Å². The summed E-state index contributed by atoms with van der Waals surface area (Å²) >= 11 is 6.40. The lowest BCUT2D eigenvalue weighted by molar-refractivity contribution is 0.0595. The summed E-state index contributed by atoms with van der Waals surface area (Å²) in [6, 6.07) is 3.32. The summed E-state index contributed by atoms with van der Waals surface area (Å²) in [7, 11) is 2.61. The molecule has 0 aliphatic rings. The van der Waals surface area contributed by atoms with Crippen LogP contribution in [0.25, 0.3) is 0 Å². The molecule has 0 fully saturated rings. The summed E-state index contributed by atoms with van der Waals surface area (Å²) in [6.45, 7) is 0. The molecule has 10 heteroatoms. The van der Waals surface area contributed by atoms with Crippen LogP contribution in [0.2, 0.25) is 0 Å². The fraction of sp³-hybridized carbons (Fsp3) is 0.167. The number of hydrogen-bond donors (Lipinski definition) is 3. The first-order valence-corrected chi connectivity index (χ1v) is 7.36. The van der Waals surface area contributed by atoms with Crippen LogP contribution in [0.5, 0.6) is 0 Å². The van der Waals surface area contributed by atoms with Crippen molar-refractivity contribution < 1.29 is 19.1 Å². The highest BCUT2D eigenvalue weighted by atomic mass is 79.9. The number of nitrogens with zero attached hydrogens (tertiary/aromatic N) is 1. The highest BCUT2D eigenvalue weighted by Gasteiger charge is 2.12. The molecule has 8 nitrogen and oxygen atoms in total. The summed E-state index contributed by atoms with van der Waals surface area (Å²) in [5.74, 6) is 5.48. The van der Waals surface area contributed by atoms with Gasteiger partial charge in [0.05, 0.1) is 14.2 Å². The van der Waals surface area contributed by atoms with Gasteiger partial charge in [0.2, 0.25) is 0 Å². The lowest BCUT2D eigenvalue weighted by Gasteiger charge is -2.11. The van der Waals surface area contributed by atoms with Crippen LogP contribution in [0.4, 0.5) is 10.6 Å². The monoisotopic (exact) mass is 436 g/mol. The number of rotatable bonds is 2. The standard InChI is InChI=1S/C6H8BrN3O2.C6H6BrNO2/c1-12-6(11)10(8)5-2-4(7)3-9-5;1-10-6(9)5-2-4(7)3-8-5/h2-3,9H,8H2,1H3;2-3,8H,1H3. The van der Waals surface area contributed by atoms with Crippen LogP contribution in [0, 0.1) is 0 Å². The van der Waals surface area contributed by atoms with E-state index in [1.165, 1.54) is 14.2 Å². The molecular formula is C12H14Br2N4O4. The van der Waals surface area contributed by atoms with Gasteiger partial charge in [-0.1, -0.05) is 0 Å². The quantitative estimate of drug-likeness (QED) is 0.289. The Bertz CT molecular complexity index is 641. The minimum absolute atomic E-state index is 0.356. The van der Waals surface area contributed by atoms with Crippen LogP contribution in [0.3, 0.4) is 0 Å². The van der Waals surface area contributed by atoms with Crippen LogP contribution < -0.4 is 10.9 Å². The second-order valence-corrected chi connectivity index (χ2v) is 5.60. The Labute approximate surface area is 143 Å². The molecule has 0 spiro atoms. The van der Waals surface area contributed by atoms with Gasteiger partial charge in [0.1, 0.15) is 11.5 Å². The van der Waals surface area contributed by atoms with Gasteiger partial charge in [-0.05, 0) is 44.0 Å². The molecule has 0 unspecified atom stereocenters. The van der Waals surface area contributed by atoms with Crippen molar-refractivity contribution in [3.8, 4) is 0 Å². The molecule has 0 aliphatic carbocycles. The first kappa shape index (κ1) is 18.3. The number of carbonyl (C=O) groups is 2. The van der Waals surface area contributed by atoms with Crippen LogP contribution in [0.15, 0.2) is 33.5 Å².